The first-order valence-electron chi connectivity index (χ1n) is 9.61. The molecule has 0 radical (unpaired) electrons. The van der Waals surface area contributed by atoms with Crippen molar-refractivity contribution in [3.8, 4) is 11.3 Å². The summed E-state index contributed by atoms with van der Waals surface area (Å²) in [5, 5.41) is 18.9. The average Bonchev–Trinajstić information content (AvgIpc) is 3.37. The second kappa shape index (κ2) is 8.96. The number of thiophene rings is 1. The molecule has 7 heteroatoms. The van der Waals surface area contributed by atoms with Crippen molar-refractivity contribution in [3.05, 3.63) is 64.2 Å². The molecule has 0 saturated carbocycles. The zero-order valence-electron chi connectivity index (χ0n) is 15.7. The number of H-pyrrole nitrogens is 1. The van der Waals surface area contributed by atoms with Gasteiger partial charge in [0.25, 0.3) is 0 Å². The third-order valence-corrected chi connectivity index (χ3v) is 6.20. The molecule has 0 amide bonds. The van der Waals surface area contributed by atoms with Crippen molar-refractivity contribution in [2.24, 2.45) is 0 Å². The molecule has 2 N–H and O–H groups in total. The molecule has 0 aliphatic carbocycles. The minimum absolute atomic E-state index is 0.200. The second-order valence-corrected chi connectivity index (χ2v) is 8.26. The largest absolute Gasteiger partial charge is 0.396 e. The Morgan fingerprint density at radius 2 is 2.04 bits per heavy atom. The highest BCUT2D eigenvalue weighted by Gasteiger charge is 2.27. The zero-order valence-corrected chi connectivity index (χ0v) is 16.5. The van der Waals surface area contributed by atoms with E-state index in [2.05, 4.69) is 37.5 Å². The number of rotatable bonds is 7. The molecule has 1 aliphatic heterocycles. The SMILES string of the molecule is OCC[C@H]1CN(Cc2cn[nH]c2-c2ccc(F)cc2)CCN1Cc1cccs1. The Kier molecular flexibility index (Phi) is 6.17. The molecule has 3 heterocycles. The minimum atomic E-state index is -0.237. The normalized spacial score (nSPS) is 18.6. The third kappa shape index (κ3) is 4.50. The van der Waals surface area contributed by atoms with Crippen LogP contribution in [-0.4, -0.2) is 57.4 Å². The van der Waals surface area contributed by atoms with E-state index in [1.165, 1.54) is 17.0 Å². The Morgan fingerprint density at radius 3 is 2.79 bits per heavy atom. The van der Waals surface area contributed by atoms with Crippen molar-refractivity contribution < 1.29 is 9.50 Å². The van der Waals surface area contributed by atoms with Crippen LogP contribution >= 0.6 is 11.3 Å². The van der Waals surface area contributed by atoms with Crippen LogP contribution in [0.1, 0.15) is 16.9 Å². The fourth-order valence-corrected chi connectivity index (χ4v) is 4.60. The van der Waals surface area contributed by atoms with Crippen molar-refractivity contribution in [1.82, 2.24) is 20.0 Å². The van der Waals surface area contributed by atoms with Crippen LogP contribution in [0.3, 0.4) is 0 Å². The maximum Gasteiger partial charge on any atom is 0.123 e. The number of hydrogen-bond acceptors (Lipinski definition) is 5. The van der Waals surface area contributed by atoms with Crippen molar-refractivity contribution in [3.63, 3.8) is 0 Å². The first-order valence-corrected chi connectivity index (χ1v) is 10.5. The smallest absolute Gasteiger partial charge is 0.123 e. The van der Waals surface area contributed by atoms with Gasteiger partial charge < -0.3 is 5.11 Å². The van der Waals surface area contributed by atoms with E-state index >= 15 is 0 Å². The Labute approximate surface area is 168 Å². The van der Waals surface area contributed by atoms with Crippen LogP contribution in [0.15, 0.2) is 48.0 Å². The van der Waals surface area contributed by atoms with Gasteiger partial charge in [-0.15, -0.1) is 11.3 Å². The van der Waals surface area contributed by atoms with E-state index in [9.17, 15) is 9.50 Å². The van der Waals surface area contributed by atoms with Gasteiger partial charge in [0, 0.05) is 61.4 Å². The summed E-state index contributed by atoms with van der Waals surface area (Å²) in [6.45, 7) is 4.81. The van der Waals surface area contributed by atoms with Crippen LogP contribution < -0.4 is 0 Å². The second-order valence-electron chi connectivity index (χ2n) is 7.23. The molecule has 3 aromatic rings. The van der Waals surface area contributed by atoms with Crippen LogP contribution in [0, 0.1) is 5.82 Å². The molecule has 1 atom stereocenters. The van der Waals surface area contributed by atoms with E-state index in [0.717, 1.165) is 56.0 Å². The molecular formula is C21H25FN4OS. The van der Waals surface area contributed by atoms with Crippen LogP contribution in [0.4, 0.5) is 4.39 Å². The predicted octanol–water partition coefficient (Wildman–Crippen LogP) is 3.35. The Bertz CT molecular complexity index is 865. The number of aromatic nitrogens is 2. The van der Waals surface area contributed by atoms with Crippen LogP contribution in [0.2, 0.25) is 0 Å². The quantitative estimate of drug-likeness (QED) is 0.639. The third-order valence-electron chi connectivity index (χ3n) is 5.33. The van der Waals surface area contributed by atoms with Gasteiger partial charge >= 0.3 is 0 Å². The molecule has 1 fully saturated rings. The standard InChI is InChI=1S/C21H25FN4OS/c22-18-5-3-16(4-6-18)21-17(12-23-24-21)13-25-8-9-26(19(14-25)7-10-27)15-20-2-1-11-28-20/h1-6,11-12,19,27H,7-10,13-15H2,(H,23,24)/t19-/m0/s1. The number of nitrogens with zero attached hydrogens (tertiary/aromatic N) is 3. The van der Waals surface area contributed by atoms with Crippen molar-refractivity contribution in [1.29, 1.82) is 0 Å². The predicted molar refractivity (Wildman–Crippen MR) is 109 cm³/mol. The number of aliphatic hydroxyl groups is 1. The molecule has 5 nitrogen and oxygen atoms in total. The molecule has 28 heavy (non-hydrogen) atoms. The minimum Gasteiger partial charge on any atom is -0.396 e. The first-order chi connectivity index (χ1) is 13.7. The lowest BCUT2D eigenvalue weighted by molar-refractivity contribution is 0.0507. The van der Waals surface area contributed by atoms with E-state index < -0.39 is 0 Å². The highest BCUT2D eigenvalue weighted by molar-refractivity contribution is 7.09. The molecule has 4 rings (SSSR count). The number of hydrogen-bond donors (Lipinski definition) is 2. The molecule has 1 aliphatic rings. The van der Waals surface area contributed by atoms with Gasteiger partial charge in [-0.2, -0.15) is 5.10 Å². The van der Waals surface area contributed by atoms with Gasteiger partial charge in [-0.3, -0.25) is 14.9 Å². The number of aromatic amines is 1. The fraction of sp³-hybridized carbons (Fsp3) is 0.381. The topological polar surface area (TPSA) is 55.4 Å². The summed E-state index contributed by atoms with van der Waals surface area (Å²) in [6.07, 6.45) is 2.63. The number of halogens is 1. The number of aliphatic hydroxyl groups excluding tert-OH is 1. The van der Waals surface area contributed by atoms with Crippen molar-refractivity contribution in [2.75, 3.05) is 26.2 Å². The Morgan fingerprint density at radius 1 is 1.18 bits per heavy atom. The fourth-order valence-electron chi connectivity index (χ4n) is 3.87. The zero-order chi connectivity index (χ0) is 19.3. The van der Waals surface area contributed by atoms with Gasteiger partial charge in [-0.25, -0.2) is 4.39 Å². The summed E-state index contributed by atoms with van der Waals surface area (Å²) >= 11 is 1.78. The Hall–Kier alpha value is -2.06. The molecule has 0 spiro atoms. The molecule has 0 bridgehead atoms. The van der Waals surface area contributed by atoms with E-state index in [0.29, 0.717) is 6.04 Å². The van der Waals surface area contributed by atoms with E-state index in [-0.39, 0.29) is 12.4 Å². The van der Waals surface area contributed by atoms with Crippen LogP contribution in [-0.2, 0) is 13.1 Å². The van der Waals surface area contributed by atoms with Gasteiger partial charge in [0.1, 0.15) is 5.82 Å². The highest BCUT2D eigenvalue weighted by atomic mass is 32.1. The molecule has 0 unspecified atom stereocenters. The summed E-state index contributed by atoms with van der Waals surface area (Å²) in [4.78, 5) is 6.27. The molecular weight excluding hydrogens is 375 g/mol. The molecule has 2 aromatic heterocycles. The summed E-state index contributed by atoms with van der Waals surface area (Å²) in [5.41, 5.74) is 3.00. The van der Waals surface area contributed by atoms with Gasteiger partial charge in [0.2, 0.25) is 0 Å². The van der Waals surface area contributed by atoms with Crippen LogP contribution in [0.25, 0.3) is 11.3 Å². The van der Waals surface area contributed by atoms with Gasteiger partial charge in [-0.1, -0.05) is 6.07 Å². The summed E-state index contributed by atoms with van der Waals surface area (Å²) < 4.78 is 13.2. The molecule has 1 aromatic carbocycles. The van der Waals surface area contributed by atoms with E-state index in [1.807, 2.05) is 6.20 Å². The molecule has 1 saturated heterocycles. The Balaban J connectivity index is 1.43. The number of piperazine rings is 1. The molecule has 148 valence electrons. The maximum atomic E-state index is 13.2. The number of benzene rings is 1. The summed E-state index contributed by atoms with van der Waals surface area (Å²) in [6, 6.07) is 11.1. The van der Waals surface area contributed by atoms with E-state index in [4.69, 9.17) is 0 Å². The van der Waals surface area contributed by atoms with Crippen molar-refractivity contribution >= 4 is 11.3 Å². The lowest BCUT2D eigenvalue weighted by Crippen LogP contribution is -2.52. The maximum absolute atomic E-state index is 13.2. The monoisotopic (exact) mass is 400 g/mol. The average molecular weight is 401 g/mol. The lowest BCUT2D eigenvalue weighted by Gasteiger charge is -2.41. The van der Waals surface area contributed by atoms with Gasteiger partial charge in [-0.05, 0) is 42.1 Å². The summed E-state index contributed by atoms with van der Waals surface area (Å²) in [5.74, 6) is -0.237. The summed E-state index contributed by atoms with van der Waals surface area (Å²) in [7, 11) is 0. The first kappa shape index (κ1) is 19.3. The number of nitrogens with one attached hydrogen (secondary N) is 1. The van der Waals surface area contributed by atoms with Gasteiger partial charge in [0.05, 0.1) is 11.9 Å². The lowest BCUT2D eigenvalue weighted by atomic mass is 10.1. The van der Waals surface area contributed by atoms with Crippen LogP contribution in [0.5, 0.6) is 0 Å². The van der Waals surface area contributed by atoms with Gasteiger partial charge in [0.15, 0.2) is 0 Å². The highest BCUT2D eigenvalue weighted by Crippen LogP contribution is 2.25. The van der Waals surface area contributed by atoms with Crippen molar-refractivity contribution in [2.45, 2.75) is 25.6 Å². The van der Waals surface area contributed by atoms with E-state index in [1.54, 1.807) is 23.5 Å².